The van der Waals surface area contributed by atoms with Crippen molar-refractivity contribution in [2.45, 2.75) is 25.4 Å². The van der Waals surface area contributed by atoms with Gasteiger partial charge in [-0.25, -0.2) is 4.98 Å². The number of benzene rings is 3. The molecule has 1 aliphatic carbocycles. The number of nitrogens with one attached hydrogen (secondary N) is 1. The summed E-state index contributed by atoms with van der Waals surface area (Å²) in [5.74, 6) is 1.65. The van der Waals surface area contributed by atoms with E-state index in [-0.39, 0.29) is 12.6 Å². The fourth-order valence-corrected chi connectivity index (χ4v) is 4.44. The van der Waals surface area contributed by atoms with Gasteiger partial charge in [0.05, 0.1) is 18.7 Å². The molecule has 5 rings (SSSR count). The number of aromatic nitrogens is 1. The number of fused-ring (bicyclic) bond motifs is 2. The third-order valence-corrected chi connectivity index (χ3v) is 6.03. The number of pyridine rings is 1. The summed E-state index contributed by atoms with van der Waals surface area (Å²) < 4.78 is 5.32. The predicted octanol–water partition coefficient (Wildman–Crippen LogP) is 6.28. The minimum Gasteiger partial charge on any atom is -0.497 e. The second-order valence-electron chi connectivity index (χ2n) is 7.82. The number of anilines is 1. The summed E-state index contributed by atoms with van der Waals surface area (Å²) in [5, 5.41) is 7.76. The first-order chi connectivity index (χ1) is 15.3. The highest BCUT2D eigenvalue weighted by Crippen LogP contribution is 2.38. The molecular weight excluding hydrogens is 386 g/mol. The summed E-state index contributed by atoms with van der Waals surface area (Å²) in [5.41, 5.74) is 6.51. The molecule has 31 heavy (non-hydrogen) atoms. The first kappa shape index (κ1) is 19.2. The molecule has 0 fully saturated rings. The maximum Gasteiger partial charge on any atom is 0.135 e. The van der Waals surface area contributed by atoms with Gasteiger partial charge in [0.2, 0.25) is 0 Å². The standard InChI is InChI=1S/C26H23N3O2/c1-31-20-12-9-18(10-13-20)23-15-22-19(16-27-30)6-4-8-24(22)28-26(23)29-25-14-11-17-5-2-3-7-21(17)25/h2-10,12-13,15,25H,11,14,16H2,1H3,(H,28,29)/t25-/m1/s1. The van der Waals surface area contributed by atoms with Gasteiger partial charge in [-0.1, -0.05) is 53.7 Å². The molecule has 0 saturated heterocycles. The Hall–Kier alpha value is -3.73. The molecule has 0 spiro atoms. The first-order valence-electron chi connectivity index (χ1n) is 10.5. The minimum atomic E-state index is 0.129. The van der Waals surface area contributed by atoms with Gasteiger partial charge < -0.3 is 10.1 Å². The molecule has 0 amide bonds. The van der Waals surface area contributed by atoms with E-state index in [1.165, 1.54) is 11.1 Å². The molecule has 1 heterocycles. The van der Waals surface area contributed by atoms with Gasteiger partial charge >= 0.3 is 0 Å². The fraction of sp³-hybridized carbons (Fsp3) is 0.192. The summed E-state index contributed by atoms with van der Waals surface area (Å²) in [6.07, 6.45) is 2.10. The highest BCUT2D eigenvalue weighted by molar-refractivity contribution is 5.91. The van der Waals surface area contributed by atoms with Crippen LogP contribution >= 0.6 is 0 Å². The number of aryl methyl sites for hydroxylation is 1. The molecule has 3 aromatic carbocycles. The van der Waals surface area contributed by atoms with E-state index in [1.807, 2.05) is 42.5 Å². The fourth-order valence-electron chi connectivity index (χ4n) is 4.44. The zero-order valence-corrected chi connectivity index (χ0v) is 17.3. The maximum atomic E-state index is 11.0. The Labute approximate surface area is 181 Å². The number of nitroso groups, excluding NO2 is 1. The van der Waals surface area contributed by atoms with Gasteiger partial charge in [0.15, 0.2) is 0 Å². The highest BCUT2D eigenvalue weighted by Gasteiger charge is 2.23. The summed E-state index contributed by atoms with van der Waals surface area (Å²) in [4.78, 5) is 15.9. The van der Waals surface area contributed by atoms with Crippen molar-refractivity contribution in [1.29, 1.82) is 0 Å². The molecule has 1 N–H and O–H groups in total. The van der Waals surface area contributed by atoms with Crippen molar-refractivity contribution in [3.8, 4) is 16.9 Å². The topological polar surface area (TPSA) is 63.6 Å². The maximum absolute atomic E-state index is 11.0. The number of ether oxygens (including phenoxy) is 1. The lowest BCUT2D eigenvalue weighted by Gasteiger charge is -2.19. The second kappa shape index (κ2) is 8.19. The van der Waals surface area contributed by atoms with Gasteiger partial charge in [-0.3, -0.25) is 0 Å². The second-order valence-corrected chi connectivity index (χ2v) is 7.82. The average molecular weight is 409 g/mol. The molecule has 1 aromatic heterocycles. The van der Waals surface area contributed by atoms with Crippen LogP contribution in [-0.2, 0) is 13.0 Å². The third-order valence-electron chi connectivity index (χ3n) is 6.03. The predicted molar refractivity (Wildman–Crippen MR) is 124 cm³/mol. The molecule has 4 aromatic rings. The molecule has 0 unspecified atom stereocenters. The quantitative estimate of drug-likeness (QED) is 0.381. The Morgan fingerprint density at radius 3 is 2.71 bits per heavy atom. The Kier molecular flexibility index (Phi) is 5.08. The van der Waals surface area contributed by atoms with Crippen LogP contribution in [0.25, 0.3) is 22.0 Å². The lowest BCUT2D eigenvalue weighted by molar-refractivity contribution is 0.415. The van der Waals surface area contributed by atoms with Crippen LogP contribution in [0, 0.1) is 4.91 Å². The van der Waals surface area contributed by atoms with Gasteiger partial charge in [0, 0.05) is 10.9 Å². The summed E-state index contributed by atoms with van der Waals surface area (Å²) in [7, 11) is 1.66. The molecule has 5 heteroatoms. The lowest BCUT2D eigenvalue weighted by Crippen LogP contribution is -2.10. The number of rotatable bonds is 6. The average Bonchev–Trinajstić information content (AvgIpc) is 3.22. The van der Waals surface area contributed by atoms with Crippen LogP contribution in [-0.4, -0.2) is 12.1 Å². The van der Waals surface area contributed by atoms with E-state index in [1.54, 1.807) is 7.11 Å². The van der Waals surface area contributed by atoms with Crippen LogP contribution in [0.5, 0.6) is 5.75 Å². The molecule has 0 bridgehead atoms. The Morgan fingerprint density at radius 1 is 1.06 bits per heavy atom. The summed E-state index contributed by atoms with van der Waals surface area (Å²) in [6, 6.07) is 24.8. The van der Waals surface area contributed by atoms with Gasteiger partial charge in [-0.05, 0) is 59.4 Å². The van der Waals surface area contributed by atoms with Crippen LogP contribution in [0.3, 0.4) is 0 Å². The Morgan fingerprint density at radius 2 is 1.90 bits per heavy atom. The largest absolute Gasteiger partial charge is 0.497 e. The van der Waals surface area contributed by atoms with Crippen molar-refractivity contribution in [2.24, 2.45) is 5.18 Å². The molecular formula is C26H23N3O2. The van der Waals surface area contributed by atoms with E-state index < -0.39 is 0 Å². The van der Waals surface area contributed by atoms with Crippen molar-refractivity contribution in [1.82, 2.24) is 4.98 Å². The number of hydrogen-bond acceptors (Lipinski definition) is 5. The van der Waals surface area contributed by atoms with Crippen LogP contribution in [0.4, 0.5) is 5.82 Å². The molecule has 154 valence electrons. The molecule has 0 saturated carbocycles. The molecule has 0 radical (unpaired) electrons. The first-order valence-corrected chi connectivity index (χ1v) is 10.5. The third kappa shape index (κ3) is 3.63. The summed E-state index contributed by atoms with van der Waals surface area (Å²) >= 11 is 0. The van der Waals surface area contributed by atoms with Crippen molar-refractivity contribution < 1.29 is 4.74 Å². The lowest BCUT2D eigenvalue weighted by atomic mass is 10.0. The van der Waals surface area contributed by atoms with Crippen LogP contribution < -0.4 is 10.1 Å². The van der Waals surface area contributed by atoms with E-state index in [9.17, 15) is 4.91 Å². The van der Waals surface area contributed by atoms with E-state index in [0.29, 0.717) is 0 Å². The highest BCUT2D eigenvalue weighted by atomic mass is 16.5. The number of hydrogen-bond donors (Lipinski definition) is 1. The Bertz CT molecular complexity index is 1250. The SMILES string of the molecule is COc1ccc(-c2cc3c(CN=O)cccc3nc2N[C@@H]2CCc3ccccc32)cc1. The van der Waals surface area contributed by atoms with Gasteiger partial charge in [-0.15, -0.1) is 0 Å². The summed E-state index contributed by atoms with van der Waals surface area (Å²) in [6.45, 7) is 0.129. The molecule has 5 nitrogen and oxygen atoms in total. The van der Waals surface area contributed by atoms with Crippen molar-refractivity contribution in [2.75, 3.05) is 12.4 Å². The van der Waals surface area contributed by atoms with Crippen molar-refractivity contribution in [3.63, 3.8) is 0 Å². The van der Waals surface area contributed by atoms with Crippen molar-refractivity contribution >= 4 is 16.7 Å². The zero-order valence-electron chi connectivity index (χ0n) is 17.3. The minimum absolute atomic E-state index is 0.129. The van der Waals surface area contributed by atoms with E-state index in [4.69, 9.17) is 9.72 Å². The smallest absolute Gasteiger partial charge is 0.135 e. The molecule has 1 aliphatic rings. The van der Waals surface area contributed by atoms with Crippen molar-refractivity contribution in [3.05, 3.63) is 94.4 Å². The van der Waals surface area contributed by atoms with E-state index >= 15 is 0 Å². The van der Waals surface area contributed by atoms with Gasteiger partial charge in [0.1, 0.15) is 18.1 Å². The zero-order chi connectivity index (χ0) is 21.2. The normalized spacial score (nSPS) is 14.9. The van der Waals surface area contributed by atoms with Crippen LogP contribution in [0.15, 0.2) is 78.0 Å². The van der Waals surface area contributed by atoms with E-state index in [0.717, 1.165) is 52.0 Å². The monoisotopic (exact) mass is 409 g/mol. The van der Waals surface area contributed by atoms with Crippen LogP contribution in [0.1, 0.15) is 29.2 Å². The van der Waals surface area contributed by atoms with E-state index in [2.05, 4.69) is 40.8 Å². The molecule has 1 atom stereocenters. The number of nitrogens with zero attached hydrogens (tertiary/aromatic N) is 2. The number of methoxy groups -OCH3 is 1. The van der Waals surface area contributed by atoms with Gasteiger partial charge in [0.25, 0.3) is 0 Å². The van der Waals surface area contributed by atoms with Crippen LogP contribution in [0.2, 0.25) is 0 Å². The van der Waals surface area contributed by atoms with Gasteiger partial charge in [-0.2, -0.15) is 4.91 Å². The Balaban J connectivity index is 1.64. The molecule has 0 aliphatic heterocycles.